The largest absolute Gasteiger partial charge is 0.395 e. The second kappa shape index (κ2) is 4.97. The fourth-order valence-corrected chi connectivity index (χ4v) is 2.54. The van der Waals surface area contributed by atoms with Crippen LogP contribution in [-0.2, 0) is 13.5 Å². The van der Waals surface area contributed by atoms with Crippen LogP contribution < -0.4 is 5.73 Å². The van der Waals surface area contributed by atoms with Gasteiger partial charge in [0.25, 0.3) is 5.91 Å². The number of rotatable bonds is 3. The molecule has 6 nitrogen and oxygen atoms in total. The van der Waals surface area contributed by atoms with Gasteiger partial charge >= 0.3 is 0 Å². The molecule has 0 saturated carbocycles. The normalized spacial score (nSPS) is 19.5. The Balaban J connectivity index is 2.31. The number of carbonyl (C=O) groups is 1. The highest BCUT2D eigenvalue weighted by Gasteiger charge is 2.32. The van der Waals surface area contributed by atoms with Crippen LogP contribution in [0.5, 0.6) is 0 Å². The van der Waals surface area contributed by atoms with Crippen molar-refractivity contribution in [2.75, 3.05) is 18.9 Å². The summed E-state index contributed by atoms with van der Waals surface area (Å²) in [5.74, 6) is -0.126. The van der Waals surface area contributed by atoms with Crippen LogP contribution in [-0.4, -0.2) is 44.9 Å². The molecule has 0 radical (unpaired) electrons. The zero-order valence-electron chi connectivity index (χ0n) is 10.9. The lowest BCUT2D eigenvalue weighted by molar-refractivity contribution is 0.0667. The first-order chi connectivity index (χ1) is 8.60. The molecule has 0 spiro atoms. The maximum absolute atomic E-state index is 12.5. The van der Waals surface area contributed by atoms with E-state index in [1.807, 2.05) is 6.92 Å². The predicted molar refractivity (Wildman–Crippen MR) is 68.1 cm³/mol. The molecule has 0 aromatic carbocycles. The third-order valence-corrected chi connectivity index (χ3v) is 3.55. The number of nitrogens with zero attached hydrogens (tertiary/aromatic N) is 3. The van der Waals surface area contributed by atoms with Gasteiger partial charge in [0.1, 0.15) is 5.69 Å². The van der Waals surface area contributed by atoms with Crippen molar-refractivity contribution in [3.8, 4) is 0 Å². The third-order valence-electron chi connectivity index (χ3n) is 3.55. The molecule has 1 saturated heterocycles. The van der Waals surface area contributed by atoms with Crippen LogP contribution in [0.25, 0.3) is 0 Å². The van der Waals surface area contributed by atoms with Crippen molar-refractivity contribution in [2.45, 2.75) is 32.2 Å². The molecule has 1 aromatic rings. The Morgan fingerprint density at radius 2 is 2.33 bits per heavy atom. The standard InChI is InChI=1S/C12H20N4O2/c1-3-9-10(13)11(15(2)14-9)12(18)16-6-4-5-8(16)7-17/h8,17H,3-7,13H2,1-2H3/t8-/m0/s1. The summed E-state index contributed by atoms with van der Waals surface area (Å²) in [6.07, 6.45) is 2.48. The lowest BCUT2D eigenvalue weighted by Crippen LogP contribution is -2.38. The minimum absolute atomic E-state index is 0.00410. The maximum Gasteiger partial charge on any atom is 0.274 e. The van der Waals surface area contributed by atoms with Gasteiger partial charge in [-0.25, -0.2) is 0 Å². The Kier molecular flexibility index (Phi) is 3.56. The van der Waals surface area contributed by atoms with Crippen LogP contribution in [0.4, 0.5) is 5.69 Å². The van der Waals surface area contributed by atoms with Gasteiger partial charge in [0.2, 0.25) is 0 Å². The van der Waals surface area contributed by atoms with E-state index in [1.165, 1.54) is 0 Å². The number of carbonyl (C=O) groups excluding carboxylic acids is 1. The Hall–Kier alpha value is -1.56. The summed E-state index contributed by atoms with van der Waals surface area (Å²) in [6.45, 7) is 2.64. The molecule has 1 aliphatic heterocycles. The zero-order chi connectivity index (χ0) is 13.3. The van der Waals surface area contributed by atoms with Crippen LogP contribution in [0.2, 0.25) is 0 Å². The van der Waals surface area contributed by atoms with Crippen molar-refractivity contribution in [1.82, 2.24) is 14.7 Å². The van der Waals surface area contributed by atoms with Crippen molar-refractivity contribution >= 4 is 11.6 Å². The average molecular weight is 252 g/mol. The highest BCUT2D eigenvalue weighted by molar-refractivity contribution is 5.98. The van der Waals surface area contributed by atoms with E-state index in [-0.39, 0.29) is 18.6 Å². The molecule has 3 N–H and O–H groups in total. The number of anilines is 1. The molecule has 0 unspecified atom stereocenters. The smallest absolute Gasteiger partial charge is 0.274 e. The van der Waals surface area contributed by atoms with Gasteiger partial charge in [-0.05, 0) is 19.3 Å². The van der Waals surface area contributed by atoms with E-state index in [4.69, 9.17) is 5.73 Å². The highest BCUT2D eigenvalue weighted by Crippen LogP contribution is 2.24. The molecule has 1 amide bonds. The molecule has 18 heavy (non-hydrogen) atoms. The molecule has 0 bridgehead atoms. The molecule has 6 heteroatoms. The molecular weight excluding hydrogens is 232 g/mol. The number of aromatic nitrogens is 2. The van der Waals surface area contributed by atoms with E-state index in [0.29, 0.717) is 24.3 Å². The number of hydrogen-bond acceptors (Lipinski definition) is 4. The summed E-state index contributed by atoms with van der Waals surface area (Å²) >= 11 is 0. The minimum atomic E-state index is -0.126. The zero-order valence-corrected chi connectivity index (χ0v) is 10.9. The summed E-state index contributed by atoms with van der Waals surface area (Å²) in [5.41, 5.74) is 7.63. The second-order valence-electron chi connectivity index (χ2n) is 4.66. The predicted octanol–water partition coefficient (Wildman–Crippen LogP) is 0.162. The molecule has 0 aliphatic carbocycles. The van der Waals surface area contributed by atoms with Crippen molar-refractivity contribution in [2.24, 2.45) is 7.05 Å². The van der Waals surface area contributed by atoms with Gasteiger partial charge in [-0.3, -0.25) is 9.48 Å². The van der Waals surface area contributed by atoms with Gasteiger partial charge in [0.15, 0.2) is 0 Å². The Bertz CT molecular complexity index is 455. The van der Waals surface area contributed by atoms with Crippen LogP contribution in [0.3, 0.4) is 0 Å². The fourth-order valence-electron chi connectivity index (χ4n) is 2.54. The van der Waals surface area contributed by atoms with E-state index < -0.39 is 0 Å². The number of nitrogen functional groups attached to an aromatic ring is 1. The topological polar surface area (TPSA) is 84.4 Å². The number of hydrogen-bond donors (Lipinski definition) is 2. The number of amides is 1. The van der Waals surface area contributed by atoms with Gasteiger partial charge in [0.05, 0.1) is 24.0 Å². The van der Waals surface area contributed by atoms with E-state index in [0.717, 1.165) is 18.5 Å². The summed E-state index contributed by atoms with van der Waals surface area (Å²) in [7, 11) is 1.73. The number of aliphatic hydroxyl groups excluding tert-OH is 1. The summed E-state index contributed by atoms with van der Waals surface area (Å²) < 4.78 is 1.54. The van der Waals surface area contributed by atoms with Gasteiger partial charge in [-0.15, -0.1) is 0 Å². The van der Waals surface area contributed by atoms with Gasteiger partial charge in [0, 0.05) is 13.6 Å². The van der Waals surface area contributed by atoms with Crippen molar-refractivity contribution in [1.29, 1.82) is 0 Å². The van der Waals surface area contributed by atoms with Crippen molar-refractivity contribution in [3.05, 3.63) is 11.4 Å². The first-order valence-electron chi connectivity index (χ1n) is 6.33. The molecular formula is C12H20N4O2. The quantitative estimate of drug-likeness (QED) is 0.802. The number of nitrogens with two attached hydrogens (primary N) is 1. The van der Waals surface area contributed by atoms with Gasteiger partial charge in [-0.1, -0.05) is 6.92 Å². The van der Waals surface area contributed by atoms with Crippen LogP contribution in [0.15, 0.2) is 0 Å². The van der Waals surface area contributed by atoms with E-state index >= 15 is 0 Å². The molecule has 2 heterocycles. The van der Waals surface area contributed by atoms with E-state index in [1.54, 1.807) is 16.6 Å². The molecule has 100 valence electrons. The molecule has 1 fully saturated rings. The van der Waals surface area contributed by atoms with Crippen molar-refractivity contribution < 1.29 is 9.90 Å². The molecule has 1 aromatic heterocycles. The number of aliphatic hydroxyl groups is 1. The maximum atomic E-state index is 12.5. The SMILES string of the molecule is CCc1nn(C)c(C(=O)N2CCC[C@H]2CO)c1N. The lowest BCUT2D eigenvalue weighted by Gasteiger charge is -2.23. The molecule has 2 rings (SSSR count). The first-order valence-corrected chi connectivity index (χ1v) is 6.33. The average Bonchev–Trinajstić information content (AvgIpc) is 2.93. The fraction of sp³-hybridized carbons (Fsp3) is 0.667. The lowest BCUT2D eigenvalue weighted by atomic mass is 10.2. The first kappa shape index (κ1) is 12.9. The molecule has 1 atom stereocenters. The van der Waals surface area contributed by atoms with E-state index in [9.17, 15) is 9.90 Å². The Morgan fingerprint density at radius 3 is 2.89 bits per heavy atom. The summed E-state index contributed by atoms with van der Waals surface area (Å²) in [4.78, 5) is 14.2. The van der Waals surface area contributed by atoms with Crippen LogP contribution in [0, 0.1) is 0 Å². The Morgan fingerprint density at radius 1 is 1.61 bits per heavy atom. The van der Waals surface area contributed by atoms with Crippen molar-refractivity contribution in [3.63, 3.8) is 0 Å². The van der Waals surface area contributed by atoms with Gasteiger partial charge < -0.3 is 15.7 Å². The third kappa shape index (κ3) is 1.96. The molecule has 1 aliphatic rings. The number of likely N-dealkylation sites (tertiary alicyclic amines) is 1. The highest BCUT2D eigenvalue weighted by atomic mass is 16.3. The monoisotopic (exact) mass is 252 g/mol. The van der Waals surface area contributed by atoms with Crippen LogP contribution >= 0.6 is 0 Å². The summed E-state index contributed by atoms with van der Waals surface area (Å²) in [6, 6.07) is -0.0862. The van der Waals surface area contributed by atoms with Gasteiger partial charge in [-0.2, -0.15) is 5.10 Å². The minimum Gasteiger partial charge on any atom is -0.395 e. The second-order valence-corrected chi connectivity index (χ2v) is 4.66. The van der Waals surface area contributed by atoms with E-state index in [2.05, 4.69) is 5.10 Å². The Labute approximate surface area is 106 Å². The summed E-state index contributed by atoms with van der Waals surface area (Å²) in [5, 5.41) is 13.5. The number of aryl methyl sites for hydroxylation is 2. The van der Waals surface area contributed by atoms with Crippen LogP contribution in [0.1, 0.15) is 35.9 Å².